The van der Waals surface area contributed by atoms with Crippen molar-refractivity contribution < 1.29 is 5.11 Å². The van der Waals surface area contributed by atoms with Crippen molar-refractivity contribution in [3.63, 3.8) is 0 Å². The van der Waals surface area contributed by atoms with Crippen LogP contribution >= 0.6 is 22.6 Å². The van der Waals surface area contributed by atoms with Gasteiger partial charge >= 0.3 is 0 Å². The first-order valence-electron chi connectivity index (χ1n) is 4.75. The van der Waals surface area contributed by atoms with E-state index < -0.39 is 0 Å². The lowest BCUT2D eigenvalue weighted by Crippen LogP contribution is -2.49. The highest BCUT2D eigenvalue weighted by molar-refractivity contribution is 14.1. The quantitative estimate of drug-likeness (QED) is 0.834. The zero-order valence-corrected chi connectivity index (χ0v) is 10.3. The van der Waals surface area contributed by atoms with Gasteiger partial charge in [-0.2, -0.15) is 5.10 Å². The van der Waals surface area contributed by atoms with E-state index in [-0.39, 0.29) is 6.61 Å². The van der Waals surface area contributed by atoms with E-state index in [0.717, 1.165) is 19.6 Å². The number of hydrogen-bond donors (Lipinski definition) is 1. The average Bonchev–Trinajstić information content (AvgIpc) is 2.41. The summed E-state index contributed by atoms with van der Waals surface area (Å²) in [6.45, 7) is 5.14. The molecule has 1 saturated heterocycles. The maximum absolute atomic E-state index is 8.75. The molecule has 1 N–H and O–H groups in total. The van der Waals surface area contributed by atoms with Gasteiger partial charge in [0.2, 0.25) is 0 Å². The standard InChI is InChI=1S/C9H14IN3O/c1-7-4-11-13(9(7)10)8-5-12(6-8)2-3-14/h4,8,14H,2-3,5-6H2,1H3. The topological polar surface area (TPSA) is 41.3 Å². The zero-order valence-electron chi connectivity index (χ0n) is 8.15. The molecule has 1 aliphatic rings. The molecular formula is C9H14IN3O. The van der Waals surface area contributed by atoms with Crippen LogP contribution < -0.4 is 0 Å². The number of nitrogens with zero attached hydrogens (tertiary/aromatic N) is 3. The summed E-state index contributed by atoms with van der Waals surface area (Å²) >= 11 is 2.33. The molecule has 5 heteroatoms. The van der Waals surface area contributed by atoms with Gasteiger partial charge in [0.1, 0.15) is 3.70 Å². The third kappa shape index (κ3) is 1.80. The van der Waals surface area contributed by atoms with Crippen LogP contribution in [0.25, 0.3) is 0 Å². The first kappa shape index (κ1) is 10.4. The molecule has 78 valence electrons. The molecule has 14 heavy (non-hydrogen) atoms. The normalized spacial score (nSPS) is 18.5. The number of halogens is 1. The van der Waals surface area contributed by atoms with Crippen molar-refractivity contribution in [3.8, 4) is 0 Å². The molecule has 0 aliphatic carbocycles. The van der Waals surface area contributed by atoms with Crippen LogP contribution in [0.3, 0.4) is 0 Å². The molecule has 0 spiro atoms. The van der Waals surface area contributed by atoms with Gasteiger partial charge in [0.25, 0.3) is 0 Å². The predicted octanol–water partition coefficient (Wildman–Crippen LogP) is 0.645. The van der Waals surface area contributed by atoms with Gasteiger partial charge in [-0.05, 0) is 29.5 Å². The van der Waals surface area contributed by atoms with E-state index in [9.17, 15) is 0 Å². The van der Waals surface area contributed by atoms with Gasteiger partial charge in [-0.25, -0.2) is 0 Å². The van der Waals surface area contributed by atoms with E-state index in [2.05, 4.69) is 44.2 Å². The van der Waals surface area contributed by atoms with Crippen LogP contribution in [-0.2, 0) is 0 Å². The van der Waals surface area contributed by atoms with Crippen molar-refractivity contribution in [1.29, 1.82) is 0 Å². The molecule has 1 fully saturated rings. The van der Waals surface area contributed by atoms with Crippen LogP contribution in [0.5, 0.6) is 0 Å². The highest BCUT2D eigenvalue weighted by atomic mass is 127. The molecule has 1 aromatic rings. The molecule has 1 aliphatic heterocycles. The fraction of sp³-hybridized carbons (Fsp3) is 0.667. The Kier molecular flexibility index (Phi) is 3.08. The summed E-state index contributed by atoms with van der Waals surface area (Å²) in [4.78, 5) is 2.23. The second-order valence-corrected chi connectivity index (χ2v) is 4.72. The van der Waals surface area contributed by atoms with Crippen molar-refractivity contribution in [2.75, 3.05) is 26.2 Å². The monoisotopic (exact) mass is 307 g/mol. The molecule has 2 rings (SSSR count). The lowest BCUT2D eigenvalue weighted by Gasteiger charge is -2.39. The third-order valence-electron chi connectivity index (χ3n) is 2.60. The smallest absolute Gasteiger partial charge is 0.102 e. The van der Waals surface area contributed by atoms with Crippen molar-refractivity contribution in [2.24, 2.45) is 0 Å². The Morgan fingerprint density at radius 2 is 2.36 bits per heavy atom. The number of hydrogen-bond acceptors (Lipinski definition) is 3. The van der Waals surface area contributed by atoms with Gasteiger partial charge < -0.3 is 5.11 Å². The minimum atomic E-state index is 0.252. The molecule has 0 atom stereocenters. The van der Waals surface area contributed by atoms with Crippen LogP contribution in [0.15, 0.2) is 6.20 Å². The Hall–Kier alpha value is -0.140. The van der Waals surface area contributed by atoms with Crippen molar-refractivity contribution in [3.05, 3.63) is 15.5 Å². The van der Waals surface area contributed by atoms with Crippen LogP contribution in [0.1, 0.15) is 11.6 Å². The highest BCUT2D eigenvalue weighted by Crippen LogP contribution is 2.23. The highest BCUT2D eigenvalue weighted by Gasteiger charge is 2.29. The van der Waals surface area contributed by atoms with Crippen molar-refractivity contribution in [2.45, 2.75) is 13.0 Å². The zero-order chi connectivity index (χ0) is 10.1. The van der Waals surface area contributed by atoms with Crippen LogP contribution in [0, 0.1) is 10.6 Å². The average molecular weight is 307 g/mol. The van der Waals surface area contributed by atoms with Gasteiger partial charge in [-0.15, -0.1) is 0 Å². The largest absolute Gasteiger partial charge is 0.395 e. The Balaban J connectivity index is 1.96. The van der Waals surface area contributed by atoms with Crippen LogP contribution in [-0.4, -0.2) is 46.0 Å². The third-order valence-corrected chi connectivity index (χ3v) is 3.95. The Labute approximate surface area is 97.0 Å². The Morgan fingerprint density at radius 1 is 1.64 bits per heavy atom. The van der Waals surface area contributed by atoms with E-state index >= 15 is 0 Å². The number of aliphatic hydroxyl groups excluding tert-OH is 1. The summed E-state index contributed by atoms with van der Waals surface area (Å²) < 4.78 is 3.32. The molecule has 2 heterocycles. The molecule has 0 bridgehead atoms. The van der Waals surface area contributed by atoms with Gasteiger partial charge in [0.05, 0.1) is 18.8 Å². The van der Waals surface area contributed by atoms with E-state index in [4.69, 9.17) is 5.11 Å². The van der Waals surface area contributed by atoms with Crippen molar-refractivity contribution >= 4 is 22.6 Å². The lowest BCUT2D eigenvalue weighted by molar-refractivity contribution is 0.0760. The Morgan fingerprint density at radius 3 is 2.86 bits per heavy atom. The molecular weight excluding hydrogens is 293 g/mol. The van der Waals surface area contributed by atoms with Crippen LogP contribution in [0.2, 0.25) is 0 Å². The van der Waals surface area contributed by atoms with Crippen LogP contribution in [0.4, 0.5) is 0 Å². The van der Waals surface area contributed by atoms with E-state index in [1.165, 1.54) is 9.26 Å². The maximum Gasteiger partial charge on any atom is 0.102 e. The van der Waals surface area contributed by atoms with Gasteiger partial charge in [-0.1, -0.05) is 0 Å². The molecule has 0 aromatic carbocycles. The molecule has 0 saturated carbocycles. The number of likely N-dealkylation sites (tertiary alicyclic amines) is 1. The lowest BCUT2D eigenvalue weighted by atomic mass is 10.1. The number of β-amino-alcohol motifs (C(OH)–C–C–N with tert-alkyl or cyclic N) is 1. The maximum atomic E-state index is 8.75. The summed E-state index contributed by atoms with van der Waals surface area (Å²) in [7, 11) is 0. The fourth-order valence-corrected chi connectivity index (χ4v) is 2.37. The van der Waals surface area contributed by atoms with Gasteiger partial charge in [-0.3, -0.25) is 9.58 Å². The minimum absolute atomic E-state index is 0.252. The molecule has 0 unspecified atom stereocenters. The number of aryl methyl sites for hydroxylation is 1. The van der Waals surface area contributed by atoms with E-state index in [1.54, 1.807) is 0 Å². The summed E-state index contributed by atoms with van der Waals surface area (Å²) in [6.07, 6.45) is 1.91. The molecule has 4 nitrogen and oxygen atoms in total. The van der Waals surface area contributed by atoms with E-state index in [0.29, 0.717) is 6.04 Å². The summed E-state index contributed by atoms with van der Waals surface area (Å²) in [6, 6.07) is 0.502. The predicted molar refractivity (Wildman–Crippen MR) is 62.2 cm³/mol. The summed E-state index contributed by atoms with van der Waals surface area (Å²) in [5.41, 5.74) is 1.24. The number of rotatable bonds is 3. The fourth-order valence-electron chi connectivity index (χ4n) is 1.71. The molecule has 1 aromatic heterocycles. The first-order chi connectivity index (χ1) is 6.72. The minimum Gasteiger partial charge on any atom is -0.395 e. The second-order valence-electron chi connectivity index (χ2n) is 3.70. The molecule has 0 radical (unpaired) electrons. The number of aliphatic hydroxyl groups is 1. The molecule has 0 amide bonds. The Bertz CT molecular complexity index is 320. The van der Waals surface area contributed by atoms with Crippen molar-refractivity contribution in [1.82, 2.24) is 14.7 Å². The summed E-state index contributed by atoms with van der Waals surface area (Å²) in [5.74, 6) is 0. The second kappa shape index (κ2) is 4.16. The summed E-state index contributed by atoms with van der Waals surface area (Å²) in [5, 5.41) is 13.1. The number of aromatic nitrogens is 2. The van der Waals surface area contributed by atoms with Gasteiger partial charge in [0.15, 0.2) is 0 Å². The van der Waals surface area contributed by atoms with Gasteiger partial charge in [0, 0.05) is 25.2 Å². The van der Waals surface area contributed by atoms with E-state index in [1.807, 2.05) is 6.20 Å². The SMILES string of the molecule is Cc1cnn(C2CN(CCO)C2)c1I. The first-order valence-corrected chi connectivity index (χ1v) is 5.83.